The Morgan fingerprint density at radius 1 is 1.38 bits per heavy atom. The highest BCUT2D eigenvalue weighted by atomic mass is 32.1. The van der Waals surface area contributed by atoms with Crippen LogP contribution in [0.15, 0.2) is 12.1 Å². The van der Waals surface area contributed by atoms with E-state index in [1.54, 1.807) is 6.07 Å². The summed E-state index contributed by atoms with van der Waals surface area (Å²) in [6.07, 6.45) is 2.40. The number of thiophene rings is 1. The highest BCUT2D eigenvalue weighted by Gasteiger charge is 2.16. The molecule has 1 N–H and O–H groups in total. The molecule has 0 aromatic carbocycles. The predicted molar refractivity (Wildman–Crippen MR) is 86.9 cm³/mol. The van der Waals surface area contributed by atoms with Crippen LogP contribution in [0.3, 0.4) is 0 Å². The van der Waals surface area contributed by atoms with E-state index in [1.807, 2.05) is 19.9 Å². The summed E-state index contributed by atoms with van der Waals surface area (Å²) < 4.78 is 5.15. The van der Waals surface area contributed by atoms with E-state index >= 15 is 0 Å². The Bertz CT molecular complexity index is 431. The lowest BCUT2D eigenvalue weighted by Gasteiger charge is -2.17. The first-order valence-electron chi connectivity index (χ1n) is 7.61. The molecule has 0 saturated carbocycles. The SMILES string of the molecule is CCCCN(C)CCC(O)c1ccc(C(=O)OC(C)C)s1. The summed E-state index contributed by atoms with van der Waals surface area (Å²) in [6, 6.07) is 3.55. The molecule has 1 atom stereocenters. The summed E-state index contributed by atoms with van der Waals surface area (Å²) in [5, 5.41) is 10.2. The fraction of sp³-hybridized carbons (Fsp3) is 0.688. The maximum absolute atomic E-state index is 11.8. The first-order chi connectivity index (χ1) is 9.93. The molecule has 5 heteroatoms. The van der Waals surface area contributed by atoms with Gasteiger partial charge in [-0.05, 0) is 52.4 Å². The van der Waals surface area contributed by atoms with Crippen LogP contribution in [0.1, 0.15) is 60.7 Å². The van der Waals surface area contributed by atoms with Crippen molar-refractivity contribution in [1.29, 1.82) is 0 Å². The maximum Gasteiger partial charge on any atom is 0.348 e. The Balaban J connectivity index is 2.46. The Kier molecular flexibility index (Phi) is 7.93. The van der Waals surface area contributed by atoms with E-state index in [2.05, 4.69) is 18.9 Å². The Labute approximate surface area is 131 Å². The number of hydrogen-bond donors (Lipinski definition) is 1. The van der Waals surface area contributed by atoms with Crippen molar-refractivity contribution in [3.63, 3.8) is 0 Å². The number of carbonyl (C=O) groups excluding carboxylic acids is 1. The third-order valence-corrected chi connectivity index (χ3v) is 4.34. The minimum atomic E-state index is -0.514. The quantitative estimate of drug-likeness (QED) is 0.709. The van der Waals surface area contributed by atoms with Gasteiger partial charge >= 0.3 is 5.97 Å². The Hall–Kier alpha value is -0.910. The number of aliphatic hydroxyl groups is 1. The lowest BCUT2D eigenvalue weighted by molar-refractivity contribution is 0.0384. The van der Waals surface area contributed by atoms with Gasteiger partial charge in [0.1, 0.15) is 4.88 Å². The summed E-state index contributed by atoms with van der Waals surface area (Å²) in [4.78, 5) is 15.4. The zero-order chi connectivity index (χ0) is 15.8. The lowest BCUT2D eigenvalue weighted by Crippen LogP contribution is -2.22. The fourth-order valence-electron chi connectivity index (χ4n) is 1.94. The topological polar surface area (TPSA) is 49.8 Å². The molecule has 4 nitrogen and oxygen atoms in total. The normalized spacial score (nSPS) is 12.9. The van der Waals surface area contributed by atoms with Crippen molar-refractivity contribution in [3.05, 3.63) is 21.9 Å². The highest BCUT2D eigenvalue weighted by molar-refractivity contribution is 7.14. The fourth-order valence-corrected chi connectivity index (χ4v) is 2.85. The number of hydrogen-bond acceptors (Lipinski definition) is 5. The zero-order valence-corrected chi connectivity index (χ0v) is 14.3. The smallest absolute Gasteiger partial charge is 0.348 e. The van der Waals surface area contributed by atoms with Gasteiger partial charge in [-0.3, -0.25) is 0 Å². The molecule has 0 saturated heterocycles. The molecule has 0 radical (unpaired) electrons. The van der Waals surface area contributed by atoms with Crippen molar-refractivity contribution in [2.75, 3.05) is 20.1 Å². The van der Waals surface area contributed by atoms with Gasteiger partial charge in [-0.2, -0.15) is 0 Å². The molecular weight excluding hydrogens is 286 g/mol. The van der Waals surface area contributed by atoms with Crippen molar-refractivity contribution in [1.82, 2.24) is 4.90 Å². The second-order valence-electron chi connectivity index (χ2n) is 5.62. The predicted octanol–water partition coefficient (Wildman–Crippen LogP) is 3.47. The molecule has 21 heavy (non-hydrogen) atoms. The van der Waals surface area contributed by atoms with Crippen LogP contribution < -0.4 is 0 Å². The van der Waals surface area contributed by atoms with E-state index in [-0.39, 0.29) is 12.1 Å². The van der Waals surface area contributed by atoms with Crippen LogP contribution in [-0.4, -0.2) is 42.2 Å². The van der Waals surface area contributed by atoms with Gasteiger partial charge in [0.2, 0.25) is 0 Å². The van der Waals surface area contributed by atoms with Gasteiger partial charge in [0.05, 0.1) is 12.2 Å². The molecule has 1 aromatic heterocycles. The van der Waals surface area contributed by atoms with Crippen LogP contribution in [0.2, 0.25) is 0 Å². The largest absolute Gasteiger partial charge is 0.459 e. The molecule has 0 bridgehead atoms. The lowest BCUT2D eigenvalue weighted by atomic mass is 10.2. The summed E-state index contributed by atoms with van der Waals surface area (Å²) in [5.74, 6) is -0.312. The van der Waals surface area contributed by atoms with Crippen LogP contribution >= 0.6 is 11.3 Å². The second kappa shape index (κ2) is 9.18. The number of nitrogens with zero attached hydrogens (tertiary/aromatic N) is 1. The number of esters is 1. The van der Waals surface area contributed by atoms with Crippen molar-refractivity contribution in [3.8, 4) is 0 Å². The van der Waals surface area contributed by atoms with E-state index in [9.17, 15) is 9.90 Å². The summed E-state index contributed by atoms with van der Waals surface area (Å²) in [6.45, 7) is 7.73. The number of unbranched alkanes of at least 4 members (excludes halogenated alkanes) is 1. The first-order valence-corrected chi connectivity index (χ1v) is 8.43. The molecule has 0 aliphatic rings. The molecule has 1 rings (SSSR count). The summed E-state index contributed by atoms with van der Waals surface area (Å²) in [7, 11) is 2.07. The van der Waals surface area contributed by atoms with Gasteiger partial charge in [-0.25, -0.2) is 4.79 Å². The molecule has 1 aromatic rings. The summed E-state index contributed by atoms with van der Waals surface area (Å²) in [5.41, 5.74) is 0. The molecule has 0 amide bonds. The van der Waals surface area contributed by atoms with Gasteiger partial charge in [0, 0.05) is 11.4 Å². The van der Waals surface area contributed by atoms with Crippen LogP contribution in [0.5, 0.6) is 0 Å². The molecule has 120 valence electrons. The zero-order valence-electron chi connectivity index (χ0n) is 13.5. The van der Waals surface area contributed by atoms with E-state index < -0.39 is 6.10 Å². The van der Waals surface area contributed by atoms with Gasteiger partial charge in [0.25, 0.3) is 0 Å². The third-order valence-electron chi connectivity index (χ3n) is 3.18. The monoisotopic (exact) mass is 313 g/mol. The van der Waals surface area contributed by atoms with Gasteiger partial charge in [-0.15, -0.1) is 11.3 Å². The molecule has 0 aliphatic carbocycles. The van der Waals surface area contributed by atoms with Crippen molar-refractivity contribution < 1.29 is 14.6 Å². The highest BCUT2D eigenvalue weighted by Crippen LogP contribution is 2.26. The number of rotatable bonds is 9. The molecule has 1 unspecified atom stereocenters. The standard InChI is InChI=1S/C16H27NO3S/c1-5-6-10-17(4)11-9-13(18)14-7-8-15(21-14)16(19)20-12(2)3/h7-8,12-13,18H,5-6,9-11H2,1-4H3. The van der Waals surface area contributed by atoms with Gasteiger partial charge < -0.3 is 14.7 Å². The second-order valence-corrected chi connectivity index (χ2v) is 6.73. The first kappa shape index (κ1) is 18.1. The average Bonchev–Trinajstić information content (AvgIpc) is 2.91. The summed E-state index contributed by atoms with van der Waals surface area (Å²) >= 11 is 1.32. The number of carbonyl (C=O) groups is 1. The minimum absolute atomic E-state index is 0.125. The molecule has 1 heterocycles. The average molecular weight is 313 g/mol. The van der Waals surface area contributed by atoms with Crippen LogP contribution in [0.25, 0.3) is 0 Å². The Morgan fingerprint density at radius 2 is 2.10 bits per heavy atom. The molecule has 0 aliphatic heterocycles. The van der Waals surface area contributed by atoms with Crippen molar-refractivity contribution in [2.45, 2.75) is 52.2 Å². The van der Waals surface area contributed by atoms with Gasteiger partial charge in [-0.1, -0.05) is 13.3 Å². The van der Waals surface area contributed by atoms with Crippen LogP contribution in [-0.2, 0) is 4.74 Å². The molecule has 0 spiro atoms. The van der Waals surface area contributed by atoms with Crippen LogP contribution in [0.4, 0.5) is 0 Å². The molecular formula is C16H27NO3S. The number of ether oxygens (including phenoxy) is 1. The maximum atomic E-state index is 11.8. The van der Waals surface area contributed by atoms with E-state index in [0.29, 0.717) is 11.3 Å². The Morgan fingerprint density at radius 3 is 2.71 bits per heavy atom. The number of aliphatic hydroxyl groups excluding tert-OH is 1. The third kappa shape index (κ3) is 6.59. The minimum Gasteiger partial charge on any atom is -0.459 e. The van der Waals surface area contributed by atoms with Crippen molar-refractivity contribution in [2.24, 2.45) is 0 Å². The van der Waals surface area contributed by atoms with Crippen LogP contribution in [0, 0.1) is 0 Å². The van der Waals surface area contributed by atoms with E-state index in [4.69, 9.17) is 4.74 Å². The van der Waals surface area contributed by atoms with Crippen molar-refractivity contribution >= 4 is 17.3 Å². The van der Waals surface area contributed by atoms with Gasteiger partial charge in [0.15, 0.2) is 0 Å². The molecule has 0 fully saturated rings. The van der Waals surface area contributed by atoms with E-state index in [0.717, 1.165) is 18.0 Å². The van der Waals surface area contributed by atoms with E-state index in [1.165, 1.54) is 24.2 Å².